The third-order valence-corrected chi connectivity index (χ3v) is 3.97. The van der Waals surface area contributed by atoms with Gasteiger partial charge in [-0.2, -0.15) is 0 Å². The molecule has 0 aliphatic heterocycles. The van der Waals surface area contributed by atoms with Crippen molar-refractivity contribution in [3.8, 4) is 0 Å². The first-order valence-electron chi connectivity index (χ1n) is 6.76. The van der Waals surface area contributed by atoms with Gasteiger partial charge in [-0.25, -0.2) is 0 Å². The zero-order valence-corrected chi connectivity index (χ0v) is 11.6. The summed E-state index contributed by atoms with van der Waals surface area (Å²) in [5.74, 6) is 0.330. The van der Waals surface area contributed by atoms with E-state index in [0.717, 1.165) is 24.0 Å². The number of aliphatic hydroxyl groups is 2. The van der Waals surface area contributed by atoms with Crippen LogP contribution in [-0.4, -0.2) is 29.7 Å². The molecule has 1 rings (SSSR count). The van der Waals surface area contributed by atoms with E-state index in [4.69, 9.17) is 4.74 Å². The Morgan fingerprint density at radius 1 is 1.56 bits per heavy atom. The molecule has 0 amide bonds. The molecule has 1 fully saturated rings. The maximum atomic E-state index is 10.2. The van der Waals surface area contributed by atoms with Crippen LogP contribution in [0.2, 0.25) is 0 Å². The SMILES string of the molecule is C=C(C)C1CCC(=C)C(CCO)[C@@H]1C(O)OCC. The summed E-state index contributed by atoms with van der Waals surface area (Å²) in [6.07, 6.45) is 1.74. The summed E-state index contributed by atoms with van der Waals surface area (Å²) in [6, 6.07) is 0. The van der Waals surface area contributed by atoms with Crippen LogP contribution in [0.5, 0.6) is 0 Å². The molecular weight excluding hydrogens is 228 g/mol. The smallest absolute Gasteiger partial charge is 0.158 e. The molecule has 18 heavy (non-hydrogen) atoms. The zero-order chi connectivity index (χ0) is 13.7. The van der Waals surface area contributed by atoms with Gasteiger partial charge in [0.15, 0.2) is 6.29 Å². The Morgan fingerprint density at radius 3 is 2.72 bits per heavy atom. The van der Waals surface area contributed by atoms with Crippen LogP contribution in [0, 0.1) is 17.8 Å². The van der Waals surface area contributed by atoms with Crippen molar-refractivity contribution in [1.29, 1.82) is 0 Å². The second kappa shape index (κ2) is 7.07. The number of hydrogen-bond acceptors (Lipinski definition) is 3. The van der Waals surface area contributed by atoms with Gasteiger partial charge in [0.2, 0.25) is 0 Å². The maximum absolute atomic E-state index is 10.2. The van der Waals surface area contributed by atoms with Gasteiger partial charge in [-0.15, -0.1) is 0 Å². The van der Waals surface area contributed by atoms with Crippen LogP contribution in [0.3, 0.4) is 0 Å². The average molecular weight is 254 g/mol. The Balaban J connectivity index is 2.93. The first kappa shape index (κ1) is 15.4. The van der Waals surface area contributed by atoms with E-state index in [1.807, 2.05) is 13.8 Å². The van der Waals surface area contributed by atoms with Crippen LogP contribution >= 0.6 is 0 Å². The quantitative estimate of drug-likeness (QED) is 0.565. The second-order valence-electron chi connectivity index (χ2n) is 5.19. The molecule has 0 aromatic rings. The molecule has 1 aliphatic rings. The molecule has 0 bridgehead atoms. The van der Waals surface area contributed by atoms with Crippen molar-refractivity contribution in [2.75, 3.05) is 13.2 Å². The minimum Gasteiger partial charge on any atom is -0.396 e. The van der Waals surface area contributed by atoms with E-state index < -0.39 is 6.29 Å². The maximum Gasteiger partial charge on any atom is 0.158 e. The summed E-state index contributed by atoms with van der Waals surface area (Å²) in [4.78, 5) is 0. The van der Waals surface area contributed by atoms with Crippen molar-refractivity contribution in [3.05, 3.63) is 24.3 Å². The predicted molar refractivity (Wildman–Crippen MR) is 73.0 cm³/mol. The van der Waals surface area contributed by atoms with Crippen LogP contribution in [0.25, 0.3) is 0 Å². The number of aliphatic hydroxyl groups excluding tert-OH is 2. The van der Waals surface area contributed by atoms with Gasteiger partial charge in [0.05, 0.1) is 0 Å². The normalized spacial score (nSPS) is 30.2. The summed E-state index contributed by atoms with van der Waals surface area (Å²) in [5, 5.41) is 19.4. The number of hydrogen-bond donors (Lipinski definition) is 2. The highest BCUT2D eigenvalue weighted by Gasteiger charge is 2.40. The Labute approximate surface area is 110 Å². The van der Waals surface area contributed by atoms with E-state index in [-0.39, 0.29) is 24.4 Å². The monoisotopic (exact) mass is 254 g/mol. The van der Waals surface area contributed by atoms with Crippen molar-refractivity contribution in [2.24, 2.45) is 17.8 Å². The van der Waals surface area contributed by atoms with Gasteiger partial charge in [0, 0.05) is 19.1 Å². The van der Waals surface area contributed by atoms with E-state index in [9.17, 15) is 10.2 Å². The number of rotatable bonds is 6. The highest BCUT2D eigenvalue weighted by Crippen LogP contribution is 2.44. The Kier molecular flexibility index (Phi) is 6.06. The second-order valence-corrected chi connectivity index (χ2v) is 5.19. The molecule has 1 aliphatic carbocycles. The molecule has 3 unspecified atom stereocenters. The fourth-order valence-electron chi connectivity index (χ4n) is 3.06. The van der Waals surface area contributed by atoms with Crippen LogP contribution in [0.4, 0.5) is 0 Å². The van der Waals surface area contributed by atoms with Gasteiger partial charge < -0.3 is 14.9 Å². The summed E-state index contributed by atoms with van der Waals surface area (Å²) >= 11 is 0. The lowest BCUT2D eigenvalue weighted by molar-refractivity contribution is -0.156. The van der Waals surface area contributed by atoms with Gasteiger partial charge >= 0.3 is 0 Å². The first-order chi connectivity index (χ1) is 8.52. The summed E-state index contributed by atoms with van der Waals surface area (Å²) < 4.78 is 5.38. The largest absolute Gasteiger partial charge is 0.396 e. The predicted octanol–water partition coefficient (Wildman–Crippen LogP) is 2.50. The molecule has 0 heterocycles. The Morgan fingerprint density at radius 2 is 2.22 bits per heavy atom. The van der Waals surface area contributed by atoms with Gasteiger partial charge in [-0.3, -0.25) is 0 Å². The molecule has 0 radical (unpaired) electrons. The minimum absolute atomic E-state index is 0.0316. The Bertz CT molecular complexity index is 298. The zero-order valence-electron chi connectivity index (χ0n) is 11.6. The van der Waals surface area contributed by atoms with Gasteiger partial charge in [-0.1, -0.05) is 24.3 Å². The van der Waals surface area contributed by atoms with E-state index >= 15 is 0 Å². The van der Waals surface area contributed by atoms with Crippen LogP contribution in [0.15, 0.2) is 24.3 Å². The fraction of sp³-hybridized carbons (Fsp3) is 0.733. The van der Waals surface area contributed by atoms with Gasteiger partial charge in [-0.05, 0) is 44.9 Å². The Hall–Kier alpha value is -0.640. The molecule has 1 saturated carbocycles. The molecule has 4 atom stereocenters. The van der Waals surface area contributed by atoms with E-state index in [2.05, 4.69) is 13.2 Å². The number of ether oxygens (including phenoxy) is 1. The fourth-order valence-corrected chi connectivity index (χ4v) is 3.06. The van der Waals surface area contributed by atoms with Crippen molar-refractivity contribution < 1.29 is 14.9 Å². The van der Waals surface area contributed by atoms with E-state index in [0.29, 0.717) is 13.0 Å². The summed E-state index contributed by atoms with van der Waals surface area (Å²) in [6.45, 7) is 12.6. The number of allylic oxidation sites excluding steroid dienone is 2. The third kappa shape index (κ3) is 3.44. The standard InChI is InChI=1S/C15H26O3/c1-5-18-15(17)14-12(10(2)3)7-6-11(4)13(14)8-9-16/h12-17H,2,4-9H2,1,3H3/t12?,13?,14-,15?/m1/s1. The molecule has 104 valence electrons. The van der Waals surface area contributed by atoms with Crippen molar-refractivity contribution in [1.82, 2.24) is 0 Å². The highest BCUT2D eigenvalue weighted by molar-refractivity contribution is 5.14. The molecule has 2 N–H and O–H groups in total. The van der Waals surface area contributed by atoms with Crippen molar-refractivity contribution >= 4 is 0 Å². The van der Waals surface area contributed by atoms with Crippen molar-refractivity contribution in [3.63, 3.8) is 0 Å². The van der Waals surface area contributed by atoms with E-state index in [1.54, 1.807) is 0 Å². The van der Waals surface area contributed by atoms with Gasteiger partial charge in [0.25, 0.3) is 0 Å². The average Bonchev–Trinajstić information content (AvgIpc) is 2.31. The lowest BCUT2D eigenvalue weighted by Crippen LogP contribution is -2.40. The van der Waals surface area contributed by atoms with Crippen LogP contribution in [0.1, 0.15) is 33.1 Å². The lowest BCUT2D eigenvalue weighted by Gasteiger charge is -2.42. The minimum atomic E-state index is -0.801. The molecule has 3 heteroatoms. The molecular formula is C15H26O3. The van der Waals surface area contributed by atoms with Crippen LogP contribution in [-0.2, 0) is 4.74 Å². The lowest BCUT2D eigenvalue weighted by atomic mass is 9.66. The van der Waals surface area contributed by atoms with Gasteiger partial charge in [0.1, 0.15) is 0 Å². The van der Waals surface area contributed by atoms with E-state index in [1.165, 1.54) is 0 Å². The first-order valence-corrected chi connectivity index (χ1v) is 6.76. The molecule has 3 nitrogen and oxygen atoms in total. The molecule has 0 aromatic heterocycles. The van der Waals surface area contributed by atoms with Crippen LogP contribution < -0.4 is 0 Å². The molecule has 0 spiro atoms. The highest BCUT2D eigenvalue weighted by atomic mass is 16.6. The summed E-state index contributed by atoms with van der Waals surface area (Å²) in [5.41, 5.74) is 2.19. The summed E-state index contributed by atoms with van der Waals surface area (Å²) in [7, 11) is 0. The third-order valence-electron chi connectivity index (χ3n) is 3.97. The molecule has 0 aromatic carbocycles. The van der Waals surface area contributed by atoms with Crippen molar-refractivity contribution in [2.45, 2.75) is 39.4 Å². The molecule has 0 saturated heterocycles. The topological polar surface area (TPSA) is 49.7 Å².